The Morgan fingerprint density at radius 3 is 2.59 bits per heavy atom. The summed E-state index contributed by atoms with van der Waals surface area (Å²) in [7, 11) is -3.81. The average Bonchev–Trinajstić information content (AvgIpc) is 3.51. The predicted octanol–water partition coefficient (Wildman–Crippen LogP) is 2.58. The minimum absolute atomic E-state index is 0.0111. The van der Waals surface area contributed by atoms with Crippen molar-refractivity contribution in [3.63, 3.8) is 0 Å². The second-order valence-corrected chi connectivity index (χ2v) is 8.84. The summed E-state index contributed by atoms with van der Waals surface area (Å²) < 4.78 is 34.5. The van der Waals surface area contributed by atoms with Crippen LogP contribution < -0.4 is 10.0 Å². The Kier molecular flexibility index (Phi) is 6.15. The summed E-state index contributed by atoms with van der Waals surface area (Å²) in [5.41, 5.74) is 2.72. The van der Waals surface area contributed by atoms with Crippen molar-refractivity contribution in [2.45, 2.75) is 24.9 Å². The fourth-order valence-corrected chi connectivity index (χ4v) is 4.08. The van der Waals surface area contributed by atoms with Crippen molar-refractivity contribution in [1.82, 2.24) is 24.8 Å². The third kappa shape index (κ3) is 4.93. The maximum Gasteiger partial charge on any atom is 0.251 e. The van der Waals surface area contributed by atoms with E-state index in [1.165, 1.54) is 24.7 Å². The molecule has 0 saturated heterocycles. The predicted molar refractivity (Wildman–Crippen MR) is 116 cm³/mol. The van der Waals surface area contributed by atoms with Gasteiger partial charge >= 0.3 is 0 Å². The maximum absolute atomic E-state index is 12.8. The highest BCUT2D eigenvalue weighted by Gasteiger charge is 2.18. The molecule has 10 heteroatoms. The van der Waals surface area contributed by atoms with E-state index < -0.39 is 10.0 Å². The van der Waals surface area contributed by atoms with Crippen LogP contribution in [0.5, 0.6) is 0 Å². The summed E-state index contributed by atoms with van der Waals surface area (Å²) >= 11 is 0. The van der Waals surface area contributed by atoms with Gasteiger partial charge in [0.15, 0.2) is 0 Å². The standard InChI is InChI=1S/C22H21N5O4S/c1-16-4-9-20(32(29,30)26-13-19-3-2-10-31-19)11-21(16)22(28)24-12-17-5-7-18(8-6-17)27-15-23-14-25-27/h2-11,14-15,26H,12-13H2,1H3,(H,24,28). The molecule has 32 heavy (non-hydrogen) atoms. The number of aromatic nitrogens is 3. The summed E-state index contributed by atoms with van der Waals surface area (Å²) in [6.07, 6.45) is 4.53. The summed E-state index contributed by atoms with van der Waals surface area (Å²) in [6, 6.07) is 15.3. The van der Waals surface area contributed by atoms with E-state index >= 15 is 0 Å². The van der Waals surface area contributed by atoms with Gasteiger partial charge in [-0.05, 0) is 54.4 Å². The molecular weight excluding hydrogens is 430 g/mol. The molecule has 0 atom stereocenters. The molecule has 2 heterocycles. The van der Waals surface area contributed by atoms with Gasteiger partial charge in [-0.2, -0.15) is 5.10 Å². The molecular formula is C22H21N5O4S. The average molecular weight is 452 g/mol. The minimum atomic E-state index is -3.81. The lowest BCUT2D eigenvalue weighted by atomic mass is 10.1. The highest BCUT2D eigenvalue weighted by Crippen LogP contribution is 2.17. The molecule has 0 radical (unpaired) electrons. The van der Waals surface area contributed by atoms with Crippen molar-refractivity contribution in [3.05, 3.63) is 96.0 Å². The number of carbonyl (C=O) groups is 1. The number of furan rings is 1. The summed E-state index contributed by atoms with van der Waals surface area (Å²) in [5.74, 6) is 0.138. The van der Waals surface area contributed by atoms with Gasteiger partial charge in [0.25, 0.3) is 5.91 Å². The van der Waals surface area contributed by atoms with E-state index in [0.717, 1.165) is 11.3 Å². The van der Waals surface area contributed by atoms with E-state index in [1.54, 1.807) is 36.1 Å². The van der Waals surface area contributed by atoms with Crippen LogP contribution in [0.25, 0.3) is 5.69 Å². The third-order valence-electron chi connectivity index (χ3n) is 4.85. The monoisotopic (exact) mass is 451 g/mol. The molecule has 2 aromatic carbocycles. The number of rotatable bonds is 8. The molecule has 0 aliphatic rings. The molecule has 9 nitrogen and oxygen atoms in total. The van der Waals surface area contributed by atoms with Crippen LogP contribution in [-0.2, 0) is 23.1 Å². The van der Waals surface area contributed by atoms with Gasteiger partial charge in [0, 0.05) is 12.1 Å². The van der Waals surface area contributed by atoms with Gasteiger partial charge in [-0.3, -0.25) is 4.79 Å². The number of amides is 1. The molecule has 2 N–H and O–H groups in total. The molecule has 0 saturated carbocycles. The number of hydrogen-bond acceptors (Lipinski definition) is 6. The van der Waals surface area contributed by atoms with Crippen LogP contribution in [0.3, 0.4) is 0 Å². The maximum atomic E-state index is 12.8. The van der Waals surface area contributed by atoms with Crippen LogP contribution in [0.15, 0.2) is 82.8 Å². The Balaban J connectivity index is 1.43. The van der Waals surface area contributed by atoms with Crippen molar-refractivity contribution in [2.24, 2.45) is 0 Å². The summed E-state index contributed by atoms with van der Waals surface area (Å²) in [4.78, 5) is 16.7. The molecule has 0 aliphatic heterocycles. The first kappa shape index (κ1) is 21.5. The van der Waals surface area contributed by atoms with E-state index in [-0.39, 0.29) is 17.3 Å². The summed E-state index contributed by atoms with van der Waals surface area (Å²) in [6.45, 7) is 2.08. The smallest absolute Gasteiger partial charge is 0.251 e. The minimum Gasteiger partial charge on any atom is -0.468 e. The SMILES string of the molecule is Cc1ccc(S(=O)(=O)NCc2ccco2)cc1C(=O)NCc1ccc(-n2cncn2)cc1. The highest BCUT2D eigenvalue weighted by atomic mass is 32.2. The number of sulfonamides is 1. The molecule has 4 rings (SSSR count). The number of carbonyl (C=O) groups excluding carboxylic acids is 1. The molecule has 0 unspecified atom stereocenters. The Morgan fingerprint density at radius 2 is 1.91 bits per heavy atom. The van der Waals surface area contributed by atoms with Crippen molar-refractivity contribution in [3.8, 4) is 5.69 Å². The summed E-state index contributed by atoms with van der Waals surface area (Å²) in [5, 5.41) is 6.91. The van der Waals surface area contributed by atoms with Gasteiger partial charge in [-0.25, -0.2) is 22.8 Å². The van der Waals surface area contributed by atoms with Crippen LogP contribution in [0.4, 0.5) is 0 Å². The van der Waals surface area contributed by atoms with E-state index in [0.29, 0.717) is 23.4 Å². The molecule has 0 spiro atoms. The normalized spacial score (nSPS) is 11.4. The Hall–Kier alpha value is -3.76. The molecule has 2 aromatic heterocycles. The zero-order valence-corrected chi connectivity index (χ0v) is 18.0. The lowest BCUT2D eigenvalue weighted by Crippen LogP contribution is -2.26. The number of hydrogen-bond donors (Lipinski definition) is 2. The first-order valence-electron chi connectivity index (χ1n) is 9.77. The van der Waals surface area contributed by atoms with Crippen molar-refractivity contribution in [1.29, 1.82) is 0 Å². The van der Waals surface area contributed by atoms with E-state index in [2.05, 4.69) is 20.1 Å². The van der Waals surface area contributed by atoms with E-state index in [4.69, 9.17) is 4.42 Å². The van der Waals surface area contributed by atoms with Gasteiger partial charge in [0.05, 0.1) is 23.4 Å². The first-order chi connectivity index (χ1) is 15.4. The second-order valence-electron chi connectivity index (χ2n) is 7.07. The van der Waals surface area contributed by atoms with E-state index in [9.17, 15) is 13.2 Å². The fourth-order valence-electron chi connectivity index (χ4n) is 3.06. The van der Waals surface area contributed by atoms with Crippen LogP contribution in [0.1, 0.15) is 27.2 Å². The zero-order valence-electron chi connectivity index (χ0n) is 17.2. The fraction of sp³-hybridized carbons (Fsp3) is 0.136. The molecule has 164 valence electrons. The van der Waals surface area contributed by atoms with Crippen LogP contribution in [0, 0.1) is 6.92 Å². The van der Waals surface area contributed by atoms with Gasteiger partial charge < -0.3 is 9.73 Å². The van der Waals surface area contributed by atoms with Gasteiger partial charge in [-0.1, -0.05) is 18.2 Å². The zero-order chi connectivity index (χ0) is 22.6. The molecule has 1 amide bonds. The number of nitrogens with one attached hydrogen (secondary N) is 2. The number of aryl methyl sites for hydroxylation is 1. The quantitative estimate of drug-likeness (QED) is 0.425. The number of nitrogens with zero attached hydrogens (tertiary/aromatic N) is 3. The van der Waals surface area contributed by atoms with Gasteiger partial charge in [0.2, 0.25) is 10.0 Å². The lowest BCUT2D eigenvalue weighted by molar-refractivity contribution is 0.0950. The Bertz CT molecular complexity index is 1300. The van der Waals surface area contributed by atoms with Crippen LogP contribution >= 0.6 is 0 Å². The largest absolute Gasteiger partial charge is 0.468 e. The van der Waals surface area contributed by atoms with Crippen molar-refractivity contribution < 1.29 is 17.6 Å². The second kappa shape index (κ2) is 9.16. The molecule has 4 aromatic rings. The van der Waals surface area contributed by atoms with E-state index in [1.807, 2.05) is 24.3 Å². The Morgan fingerprint density at radius 1 is 1.09 bits per heavy atom. The van der Waals surface area contributed by atoms with Crippen LogP contribution in [-0.4, -0.2) is 29.1 Å². The molecule has 0 bridgehead atoms. The Labute approximate surface area is 185 Å². The van der Waals surface area contributed by atoms with Gasteiger partial charge in [0.1, 0.15) is 18.4 Å². The topological polar surface area (TPSA) is 119 Å². The number of benzene rings is 2. The first-order valence-corrected chi connectivity index (χ1v) is 11.3. The van der Waals surface area contributed by atoms with Gasteiger partial charge in [-0.15, -0.1) is 0 Å². The lowest BCUT2D eigenvalue weighted by Gasteiger charge is -2.11. The third-order valence-corrected chi connectivity index (χ3v) is 6.25. The molecule has 0 fully saturated rings. The van der Waals surface area contributed by atoms with Crippen LogP contribution in [0.2, 0.25) is 0 Å². The van der Waals surface area contributed by atoms with Crippen molar-refractivity contribution in [2.75, 3.05) is 0 Å². The van der Waals surface area contributed by atoms with Crippen molar-refractivity contribution >= 4 is 15.9 Å². The molecule has 0 aliphatic carbocycles. The highest BCUT2D eigenvalue weighted by molar-refractivity contribution is 7.89.